The van der Waals surface area contributed by atoms with Crippen molar-refractivity contribution in [2.24, 2.45) is 0 Å². The maximum Gasteiger partial charge on any atom is 0.295 e. The predicted octanol–water partition coefficient (Wildman–Crippen LogP) is 4.26. The van der Waals surface area contributed by atoms with E-state index in [0.717, 1.165) is 22.3 Å². The second-order valence-corrected chi connectivity index (χ2v) is 10.2. The molecule has 1 saturated heterocycles. The molecule has 6 rings (SSSR count). The minimum absolute atomic E-state index is 0.0374. The van der Waals surface area contributed by atoms with Crippen molar-refractivity contribution in [1.82, 2.24) is 29.6 Å². The summed E-state index contributed by atoms with van der Waals surface area (Å²) in [5.41, 5.74) is 6.00. The molecule has 5 aromatic rings. The summed E-state index contributed by atoms with van der Waals surface area (Å²) in [6, 6.07) is 18.0. The summed E-state index contributed by atoms with van der Waals surface area (Å²) in [6.07, 6.45) is 5.84. The van der Waals surface area contributed by atoms with E-state index in [2.05, 4.69) is 32.2 Å². The highest BCUT2D eigenvalue weighted by molar-refractivity contribution is 6.45. The van der Waals surface area contributed by atoms with E-state index in [4.69, 9.17) is 4.74 Å². The molecular weight excluding hydrogens is 532 g/mol. The minimum atomic E-state index is -0.613. The van der Waals surface area contributed by atoms with E-state index < -0.39 is 11.7 Å². The lowest BCUT2D eigenvalue weighted by molar-refractivity contribution is -0.126. The number of fused-ring (bicyclic) bond motifs is 1. The molecule has 1 fully saturated rings. The van der Waals surface area contributed by atoms with Gasteiger partial charge in [-0.05, 0) is 48.1 Å². The number of aromatic amines is 1. The molecule has 1 amide bonds. The number of pyridine rings is 1. The highest BCUT2D eigenvalue weighted by atomic mass is 16.5. The quantitative estimate of drug-likeness (QED) is 0.224. The summed E-state index contributed by atoms with van der Waals surface area (Å²) < 4.78 is 7.03. The van der Waals surface area contributed by atoms with Crippen molar-refractivity contribution in [3.8, 4) is 11.6 Å². The number of benzene rings is 2. The third kappa shape index (κ3) is 4.97. The van der Waals surface area contributed by atoms with Crippen molar-refractivity contribution < 1.29 is 19.4 Å². The van der Waals surface area contributed by atoms with Crippen LogP contribution in [0.1, 0.15) is 45.7 Å². The SMILES string of the molecule is COc1cnc(-n2cnc(C)n2)c2[nH]cc(C(=O)C(=O)N3CCC(=C(c4ccccc4)c4cccc(CO)c4)CC3)c12. The maximum absolute atomic E-state index is 13.6. The molecule has 0 radical (unpaired) electrons. The van der Waals surface area contributed by atoms with Crippen LogP contribution in [-0.2, 0) is 11.4 Å². The summed E-state index contributed by atoms with van der Waals surface area (Å²) in [4.78, 5) is 40.5. The molecule has 0 atom stereocenters. The van der Waals surface area contributed by atoms with Gasteiger partial charge in [-0.3, -0.25) is 9.59 Å². The van der Waals surface area contributed by atoms with Gasteiger partial charge in [-0.1, -0.05) is 54.1 Å². The zero-order valence-electron chi connectivity index (χ0n) is 23.4. The van der Waals surface area contributed by atoms with Gasteiger partial charge in [0.05, 0.1) is 36.4 Å². The number of amides is 1. The third-order valence-electron chi connectivity index (χ3n) is 7.60. The Morgan fingerprint density at radius 3 is 2.48 bits per heavy atom. The van der Waals surface area contributed by atoms with Crippen molar-refractivity contribution in [2.45, 2.75) is 26.4 Å². The lowest BCUT2D eigenvalue weighted by Crippen LogP contribution is -2.40. The van der Waals surface area contributed by atoms with E-state index in [0.29, 0.717) is 54.2 Å². The van der Waals surface area contributed by atoms with Gasteiger partial charge in [0.25, 0.3) is 11.7 Å². The van der Waals surface area contributed by atoms with Crippen LogP contribution in [0, 0.1) is 6.92 Å². The van der Waals surface area contributed by atoms with Crippen molar-refractivity contribution in [3.05, 3.63) is 107 Å². The molecule has 0 aliphatic carbocycles. The Balaban J connectivity index is 1.29. The van der Waals surface area contributed by atoms with Crippen molar-refractivity contribution in [2.75, 3.05) is 20.2 Å². The summed E-state index contributed by atoms with van der Waals surface area (Å²) in [6.45, 7) is 2.57. The van der Waals surface area contributed by atoms with Crippen molar-refractivity contribution >= 4 is 28.2 Å². The number of likely N-dealkylation sites (tertiary alicyclic amines) is 1. The first-order valence-electron chi connectivity index (χ1n) is 13.7. The standard InChI is InChI=1S/C32H30N6O4/c1-20-35-19-38(36-20)31-29-28(26(42-2)17-34-31)25(16-33-29)30(40)32(41)37-13-11-23(12-14-37)27(22-8-4-3-5-9-22)24-10-6-7-21(15-24)18-39/h3-10,15-17,19,33,39H,11-14,18H2,1-2H3. The van der Waals surface area contributed by atoms with Crippen LogP contribution in [-0.4, -0.2) is 66.6 Å². The monoisotopic (exact) mass is 562 g/mol. The zero-order valence-corrected chi connectivity index (χ0v) is 23.4. The molecule has 10 nitrogen and oxygen atoms in total. The second kappa shape index (κ2) is 11.4. The number of hydrogen-bond acceptors (Lipinski definition) is 7. The predicted molar refractivity (Wildman–Crippen MR) is 157 cm³/mol. The first-order valence-corrected chi connectivity index (χ1v) is 13.7. The topological polar surface area (TPSA) is 126 Å². The largest absolute Gasteiger partial charge is 0.494 e. The molecule has 1 aliphatic heterocycles. The average Bonchev–Trinajstić information content (AvgIpc) is 3.68. The first kappa shape index (κ1) is 27.1. The van der Waals surface area contributed by atoms with Crippen LogP contribution in [0.2, 0.25) is 0 Å². The van der Waals surface area contributed by atoms with Gasteiger partial charge in [-0.2, -0.15) is 5.10 Å². The number of aliphatic hydroxyl groups is 1. The Morgan fingerprint density at radius 1 is 1.02 bits per heavy atom. The van der Waals surface area contributed by atoms with E-state index >= 15 is 0 Å². The Bertz CT molecular complexity index is 1810. The molecule has 10 heteroatoms. The van der Waals surface area contributed by atoms with Crippen molar-refractivity contribution in [3.63, 3.8) is 0 Å². The lowest BCUT2D eigenvalue weighted by atomic mass is 9.87. The normalized spacial score (nSPS) is 13.4. The molecule has 0 unspecified atom stereocenters. The van der Waals surface area contributed by atoms with E-state index in [-0.39, 0.29) is 12.2 Å². The minimum Gasteiger partial charge on any atom is -0.494 e. The molecule has 0 spiro atoms. The number of Topliss-reactive ketones (excluding diaryl/α,β-unsaturated/α-hetero) is 1. The number of hydrogen-bond donors (Lipinski definition) is 2. The lowest BCUT2D eigenvalue weighted by Gasteiger charge is -2.30. The molecule has 0 saturated carbocycles. The molecular formula is C32H30N6O4. The number of carbonyl (C=O) groups is 2. The van der Waals surface area contributed by atoms with E-state index in [9.17, 15) is 14.7 Å². The van der Waals surface area contributed by atoms with E-state index in [1.54, 1.807) is 18.2 Å². The number of H-pyrrole nitrogens is 1. The Labute approximate surface area is 242 Å². The summed E-state index contributed by atoms with van der Waals surface area (Å²) >= 11 is 0. The third-order valence-corrected chi connectivity index (χ3v) is 7.60. The van der Waals surface area contributed by atoms with Crippen LogP contribution >= 0.6 is 0 Å². The summed E-state index contributed by atoms with van der Waals surface area (Å²) in [5, 5.41) is 14.5. The molecule has 4 heterocycles. The summed E-state index contributed by atoms with van der Waals surface area (Å²) in [5.74, 6) is 0.232. The number of rotatable bonds is 7. The molecule has 0 bridgehead atoms. The van der Waals surface area contributed by atoms with Gasteiger partial charge in [-0.25, -0.2) is 14.6 Å². The van der Waals surface area contributed by atoms with Crippen molar-refractivity contribution in [1.29, 1.82) is 0 Å². The molecule has 42 heavy (non-hydrogen) atoms. The number of ketones is 1. The fourth-order valence-electron chi connectivity index (χ4n) is 5.55. The number of piperidine rings is 1. The number of ether oxygens (including phenoxy) is 1. The van der Waals surface area contributed by atoms with Crippen LogP contribution in [0.15, 0.2) is 78.9 Å². The molecule has 1 aliphatic rings. The van der Waals surface area contributed by atoms with E-state index in [1.807, 2.05) is 42.5 Å². The van der Waals surface area contributed by atoms with Gasteiger partial charge in [0, 0.05) is 19.3 Å². The number of aryl methyl sites for hydroxylation is 1. The Hall–Kier alpha value is -5.09. The number of aromatic nitrogens is 5. The number of aliphatic hydroxyl groups excluding tert-OH is 1. The van der Waals surface area contributed by atoms with Gasteiger partial charge >= 0.3 is 0 Å². The average molecular weight is 563 g/mol. The number of carbonyl (C=O) groups excluding carboxylic acids is 2. The zero-order chi connectivity index (χ0) is 29.2. The van der Waals surface area contributed by atoms with Gasteiger partial charge in [0.2, 0.25) is 0 Å². The van der Waals surface area contributed by atoms with Crippen LogP contribution in [0.25, 0.3) is 22.3 Å². The maximum atomic E-state index is 13.6. The van der Waals surface area contributed by atoms with Crippen LogP contribution in [0.3, 0.4) is 0 Å². The molecule has 212 valence electrons. The van der Waals surface area contributed by atoms with Crippen LogP contribution in [0.5, 0.6) is 5.75 Å². The van der Waals surface area contributed by atoms with Gasteiger partial charge in [0.1, 0.15) is 17.9 Å². The Morgan fingerprint density at radius 2 is 1.79 bits per heavy atom. The fraction of sp³-hybridized carbons (Fsp3) is 0.219. The number of nitrogens with zero attached hydrogens (tertiary/aromatic N) is 5. The Kier molecular flexibility index (Phi) is 7.37. The van der Waals surface area contributed by atoms with E-state index in [1.165, 1.54) is 29.8 Å². The van der Waals surface area contributed by atoms with Gasteiger partial charge in [-0.15, -0.1) is 0 Å². The smallest absolute Gasteiger partial charge is 0.295 e. The van der Waals surface area contributed by atoms with Gasteiger partial charge < -0.3 is 19.7 Å². The highest BCUT2D eigenvalue weighted by Gasteiger charge is 2.30. The van der Waals surface area contributed by atoms with Crippen LogP contribution < -0.4 is 4.74 Å². The highest BCUT2D eigenvalue weighted by Crippen LogP contribution is 2.34. The fourth-order valence-corrected chi connectivity index (χ4v) is 5.55. The number of nitrogens with one attached hydrogen (secondary N) is 1. The van der Waals surface area contributed by atoms with Crippen LogP contribution in [0.4, 0.5) is 0 Å². The number of methoxy groups -OCH3 is 1. The molecule has 2 aromatic carbocycles. The summed E-state index contributed by atoms with van der Waals surface area (Å²) in [7, 11) is 1.50. The first-order chi connectivity index (χ1) is 20.5. The van der Waals surface area contributed by atoms with Gasteiger partial charge in [0.15, 0.2) is 5.82 Å². The molecule has 3 aromatic heterocycles. The second-order valence-electron chi connectivity index (χ2n) is 10.2. The molecule has 2 N–H and O–H groups in total.